The van der Waals surface area contributed by atoms with Gasteiger partial charge in [-0.2, -0.15) is 0 Å². The molecule has 4 aliphatic carbocycles. The minimum Gasteiger partial charge on any atom is -0.479 e. The van der Waals surface area contributed by atoms with E-state index in [1.54, 1.807) is 7.05 Å². The zero-order valence-corrected chi connectivity index (χ0v) is 11.1. The Hall–Kier alpha value is -1.06. The van der Waals surface area contributed by atoms with Crippen LogP contribution in [0.4, 0.5) is 0 Å². The number of carbonyl (C=O) groups is 2. The monoisotopic (exact) mass is 251 g/mol. The Balaban J connectivity index is 2.04. The number of hydrogen-bond acceptors (Lipinski definition) is 2. The van der Waals surface area contributed by atoms with Crippen molar-refractivity contribution in [1.82, 2.24) is 4.90 Å². The van der Waals surface area contributed by atoms with Crippen LogP contribution in [0.5, 0.6) is 0 Å². The first-order valence-electron chi connectivity index (χ1n) is 6.94. The molecule has 0 aliphatic heterocycles. The van der Waals surface area contributed by atoms with Crippen molar-refractivity contribution < 1.29 is 14.7 Å². The van der Waals surface area contributed by atoms with E-state index in [9.17, 15) is 14.7 Å². The standard InChI is InChI=1S/C14H21NO3/c1-8(16)15(2)14(13(17)18)11-4-9-3-10(6-11)7-12(14)5-9/h9-12H,3-7H2,1-2H3,(H,17,18). The Bertz CT molecular complexity index is 376. The molecule has 4 bridgehead atoms. The number of amides is 1. The number of nitrogens with zero attached hydrogens (tertiary/aromatic N) is 1. The van der Waals surface area contributed by atoms with E-state index in [0.29, 0.717) is 11.8 Å². The van der Waals surface area contributed by atoms with E-state index >= 15 is 0 Å². The predicted molar refractivity (Wildman–Crippen MR) is 65.9 cm³/mol. The van der Waals surface area contributed by atoms with Gasteiger partial charge in [0.05, 0.1) is 0 Å². The summed E-state index contributed by atoms with van der Waals surface area (Å²) in [5, 5.41) is 9.82. The van der Waals surface area contributed by atoms with Crippen LogP contribution in [0.1, 0.15) is 39.0 Å². The van der Waals surface area contributed by atoms with Gasteiger partial charge in [-0.3, -0.25) is 4.79 Å². The number of carbonyl (C=O) groups excluding carboxylic acids is 1. The Kier molecular flexibility index (Phi) is 2.48. The molecule has 0 saturated heterocycles. The molecule has 4 saturated carbocycles. The van der Waals surface area contributed by atoms with Gasteiger partial charge >= 0.3 is 5.97 Å². The molecule has 0 radical (unpaired) electrons. The van der Waals surface area contributed by atoms with Gasteiger partial charge in [0, 0.05) is 14.0 Å². The first-order chi connectivity index (χ1) is 8.46. The second kappa shape index (κ2) is 3.72. The molecule has 100 valence electrons. The minimum absolute atomic E-state index is 0.120. The molecule has 0 heterocycles. The number of aliphatic carboxylic acids is 1. The van der Waals surface area contributed by atoms with E-state index < -0.39 is 11.5 Å². The summed E-state index contributed by atoms with van der Waals surface area (Å²) < 4.78 is 0. The lowest BCUT2D eigenvalue weighted by molar-refractivity contribution is -0.186. The molecule has 0 aromatic rings. The van der Waals surface area contributed by atoms with Crippen LogP contribution in [0.2, 0.25) is 0 Å². The molecule has 4 nitrogen and oxygen atoms in total. The maximum Gasteiger partial charge on any atom is 0.330 e. The van der Waals surface area contributed by atoms with Crippen molar-refractivity contribution in [2.24, 2.45) is 23.7 Å². The molecular formula is C14H21NO3. The molecule has 18 heavy (non-hydrogen) atoms. The van der Waals surface area contributed by atoms with E-state index in [0.717, 1.165) is 25.7 Å². The smallest absolute Gasteiger partial charge is 0.330 e. The minimum atomic E-state index is -0.917. The third-order valence-corrected chi connectivity index (χ3v) is 5.75. The molecule has 4 fully saturated rings. The average molecular weight is 251 g/mol. The quantitative estimate of drug-likeness (QED) is 0.813. The summed E-state index contributed by atoms with van der Waals surface area (Å²) in [5.41, 5.74) is -0.917. The van der Waals surface area contributed by atoms with E-state index in [4.69, 9.17) is 0 Å². The number of carboxylic acid groups (broad SMARTS) is 1. The van der Waals surface area contributed by atoms with Crippen LogP contribution < -0.4 is 0 Å². The summed E-state index contributed by atoms with van der Waals surface area (Å²) in [6.07, 6.45) is 5.27. The van der Waals surface area contributed by atoms with Crippen molar-refractivity contribution in [2.75, 3.05) is 7.05 Å². The summed E-state index contributed by atoms with van der Waals surface area (Å²) >= 11 is 0. The lowest BCUT2D eigenvalue weighted by Gasteiger charge is -2.61. The van der Waals surface area contributed by atoms with Gasteiger partial charge in [0.1, 0.15) is 5.54 Å². The molecule has 0 spiro atoms. The zero-order valence-electron chi connectivity index (χ0n) is 11.1. The largest absolute Gasteiger partial charge is 0.479 e. The highest BCUT2D eigenvalue weighted by Crippen LogP contribution is 2.60. The van der Waals surface area contributed by atoms with Crippen molar-refractivity contribution in [2.45, 2.75) is 44.6 Å². The van der Waals surface area contributed by atoms with E-state index in [1.807, 2.05) is 0 Å². The fourth-order valence-electron chi connectivity index (χ4n) is 5.20. The highest BCUT2D eigenvalue weighted by atomic mass is 16.4. The van der Waals surface area contributed by atoms with Crippen LogP contribution in [-0.2, 0) is 9.59 Å². The maximum absolute atomic E-state index is 12.0. The molecule has 1 amide bonds. The van der Waals surface area contributed by atoms with Crippen molar-refractivity contribution in [3.63, 3.8) is 0 Å². The fraction of sp³-hybridized carbons (Fsp3) is 0.857. The second-order valence-electron chi connectivity index (χ2n) is 6.51. The van der Waals surface area contributed by atoms with Crippen LogP contribution in [0, 0.1) is 23.7 Å². The maximum atomic E-state index is 12.0. The first-order valence-corrected chi connectivity index (χ1v) is 6.94. The lowest BCUT2D eigenvalue weighted by atomic mass is 9.48. The Labute approximate surface area is 107 Å². The molecule has 4 rings (SSSR count). The van der Waals surface area contributed by atoms with Crippen LogP contribution in [-0.4, -0.2) is 34.5 Å². The van der Waals surface area contributed by atoms with Gasteiger partial charge in [-0.25, -0.2) is 4.79 Å². The number of hydrogen-bond donors (Lipinski definition) is 1. The van der Waals surface area contributed by atoms with Crippen molar-refractivity contribution >= 4 is 11.9 Å². The summed E-state index contributed by atoms with van der Waals surface area (Å²) in [7, 11) is 1.68. The normalized spacial score (nSPS) is 45.0. The second-order valence-corrected chi connectivity index (χ2v) is 6.51. The number of carboxylic acids is 1. The van der Waals surface area contributed by atoms with Gasteiger partial charge in [-0.15, -0.1) is 0 Å². The summed E-state index contributed by atoms with van der Waals surface area (Å²) in [6, 6.07) is 0. The number of likely N-dealkylation sites (N-methyl/N-ethyl adjacent to an activating group) is 1. The third kappa shape index (κ3) is 1.32. The van der Waals surface area contributed by atoms with Crippen molar-refractivity contribution in [3.05, 3.63) is 0 Å². The van der Waals surface area contributed by atoms with Gasteiger partial charge in [0.2, 0.25) is 5.91 Å². The van der Waals surface area contributed by atoms with Crippen molar-refractivity contribution in [1.29, 1.82) is 0 Å². The van der Waals surface area contributed by atoms with Gasteiger partial charge in [0.25, 0.3) is 0 Å². The van der Waals surface area contributed by atoms with E-state index in [1.165, 1.54) is 18.2 Å². The summed E-state index contributed by atoms with van der Waals surface area (Å²) in [4.78, 5) is 25.2. The van der Waals surface area contributed by atoms with Crippen LogP contribution in [0.25, 0.3) is 0 Å². The molecule has 0 unspecified atom stereocenters. The molecule has 4 heteroatoms. The highest BCUT2D eigenvalue weighted by Gasteiger charge is 2.63. The van der Waals surface area contributed by atoms with Crippen LogP contribution >= 0.6 is 0 Å². The molecule has 0 aromatic heterocycles. The SMILES string of the molecule is CC(=O)N(C)C1(C(=O)O)C2CC3CC(C2)CC1C3. The number of rotatable bonds is 2. The van der Waals surface area contributed by atoms with E-state index in [2.05, 4.69) is 0 Å². The molecule has 0 atom stereocenters. The topological polar surface area (TPSA) is 57.6 Å². The Morgan fingerprint density at radius 3 is 1.83 bits per heavy atom. The molecule has 4 aliphatic rings. The predicted octanol–water partition coefficient (Wildman–Crippen LogP) is 1.74. The lowest BCUT2D eigenvalue weighted by Crippen LogP contribution is -2.69. The van der Waals surface area contributed by atoms with Gasteiger partial charge in [-0.1, -0.05) is 0 Å². The van der Waals surface area contributed by atoms with Gasteiger partial charge in [-0.05, 0) is 55.8 Å². The fourth-order valence-corrected chi connectivity index (χ4v) is 5.20. The van der Waals surface area contributed by atoms with Gasteiger partial charge in [0.15, 0.2) is 0 Å². The Morgan fingerprint density at radius 2 is 1.50 bits per heavy atom. The van der Waals surface area contributed by atoms with E-state index in [-0.39, 0.29) is 17.7 Å². The third-order valence-electron chi connectivity index (χ3n) is 5.75. The molecule has 0 aromatic carbocycles. The Morgan fingerprint density at radius 1 is 1.06 bits per heavy atom. The van der Waals surface area contributed by atoms with Crippen molar-refractivity contribution in [3.8, 4) is 0 Å². The molecular weight excluding hydrogens is 230 g/mol. The summed E-state index contributed by atoms with van der Waals surface area (Å²) in [6.45, 7) is 1.48. The zero-order chi connectivity index (χ0) is 13.1. The summed E-state index contributed by atoms with van der Waals surface area (Å²) in [5.74, 6) is 0.847. The molecule has 1 N–H and O–H groups in total. The van der Waals surface area contributed by atoms with Crippen LogP contribution in [0.15, 0.2) is 0 Å². The highest BCUT2D eigenvalue weighted by molar-refractivity contribution is 5.87. The average Bonchev–Trinajstić information content (AvgIpc) is 2.27. The van der Waals surface area contributed by atoms with Gasteiger partial charge < -0.3 is 10.0 Å². The first kappa shape index (κ1) is 12.0. The van der Waals surface area contributed by atoms with Crippen LogP contribution in [0.3, 0.4) is 0 Å².